The van der Waals surface area contributed by atoms with E-state index in [2.05, 4.69) is 4.52 Å². The molecule has 1 aromatic carbocycles. The van der Waals surface area contributed by atoms with Crippen molar-refractivity contribution >= 4 is 8.38 Å². The van der Waals surface area contributed by atoms with Gasteiger partial charge >= 0.3 is 5.92 Å². The number of rotatable bonds is 2. The van der Waals surface area contributed by atoms with Gasteiger partial charge in [0.1, 0.15) is 14.1 Å². The van der Waals surface area contributed by atoms with E-state index in [4.69, 9.17) is 0 Å². The summed E-state index contributed by atoms with van der Waals surface area (Å²) in [5.74, 6) is -4.83. The molecule has 6 heteroatoms. The molecular weight excluding hydrogens is 300 g/mol. The van der Waals surface area contributed by atoms with Gasteiger partial charge in [0, 0.05) is 5.56 Å². The van der Waals surface area contributed by atoms with Crippen LogP contribution in [0.2, 0.25) is 0 Å². The quantitative estimate of drug-likeness (QED) is 0.729. The highest BCUT2D eigenvalue weighted by Gasteiger charge is 2.35. The summed E-state index contributed by atoms with van der Waals surface area (Å²) in [6.45, 7) is 11.7. The second-order valence-corrected chi connectivity index (χ2v) is 8.23. The summed E-state index contributed by atoms with van der Waals surface area (Å²) in [5, 5.41) is 0. The summed E-state index contributed by atoms with van der Waals surface area (Å²) in [4.78, 5) is 11.2. The summed E-state index contributed by atoms with van der Waals surface area (Å²) in [6, 6.07) is 5.01. The lowest BCUT2D eigenvalue weighted by molar-refractivity contribution is -0.211. The van der Waals surface area contributed by atoms with E-state index >= 15 is 0 Å². The molecule has 0 fully saturated rings. The van der Waals surface area contributed by atoms with E-state index in [1.165, 1.54) is 6.07 Å². The van der Waals surface area contributed by atoms with Gasteiger partial charge < -0.3 is 9.42 Å². The lowest BCUT2D eigenvalue weighted by Crippen LogP contribution is -2.21. The molecule has 0 aromatic heterocycles. The molecule has 21 heavy (non-hydrogen) atoms. The average molecular weight is 321 g/mol. The van der Waals surface area contributed by atoms with Gasteiger partial charge in [0.05, 0.1) is 0 Å². The van der Waals surface area contributed by atoms with Gasteiger partial charge in [-0.15, -0.1) is 0 Å². The Balaban J connectivity index is 3.27. The minimum absolute atomic E-state index is 0.0222. The second-order valence-electron chi connectivity index (χ2n) is 7.03. The number of benzene rings is 1. The summed E-state index contributed by atoms with van der Waals surface area (Å²) in [7, 11) is -3.75. The molecule has 1 unspecified atom stereocenters. The van der Waals surface area contributed by atoms with Gasteiger partial charge in [0.15, 0.2) is 0 Å². The SMILES string of the molecule is CC(C)(C)c1ccc(OP([O-])C(F)(F)F)c(C(C)(C)C)c1. The van der Waals surface area contributed by atoms with E-state index in [0.717, 1.165) is 5.56 Å². The molecule has 0 aliphatic rings. The van der Waals surface area contributed by atoms with Gasteiger partial charge in [0.25, 0.3) is 0 Å². The van der Waals surface area contributed by atoms with Crippen LogP contribution >= 0.6 is 8.38 Å². The molecule has 120 valence electrons. The van der Waals surface area contributed by atoms with E-state index in [9.17, 15) is 18.1 Å². The topological polar surface area (TPSA) is 32.3 Å². The minimum Gasteiger partial charge on any atom is -0.792 e. The Labute approximate surface area is 125 Å². The summed E-state index contributed by atoms with van der Waals surface area (Å²) in [6.07, 6.45) is 0. The van der Waals surface area contributed by atoms with Crippen LogP contribution in [0.25, 0.3) is 0 Å². The van der Waals surface area contributed by atoms with Crippen LogP contribution in [0.4, 0.5) is 13.2 Å². The Hall–Kier alpha value is -0.800. The fourth-order valence-electron chi connectivity index (χ4n) is 1.80. The standard InChI is InChI=1S/C15H21F3O2P/c1-13(2,3)10-7-8-12(11(9-10)14(4,5)6)20-21(19)15(16,17)18/h7-9H,1-6H3/q-1. The molecule has 0 bridgehead atoms. The van der Waals surface area contributed by atoms with Crippen molar-refractivity contribution < 1.29 is 22.6 Å². The van der Waals surface area contributed by atoms with Crippen LogP contribution in [0.5, 0.6) is 5.75 Å². The first-order valence-electron chi connectivity index (χ1n) is 6.60. The highest BCUT2D eigenvalue weighted by molar-refractivity contribution is 7.46. The molecule has 0 saturated heterocycles. The third kappa shape index (κ3) is 4.86. The number of halogens is 3. The lowest BCUT2D eigenvalue weighted by atomic mass is 9.80. The molecule has 0 radical (unpaired) electrons. The molecule has 2 nitrogen and oxygen atoms in total. The highest BCUT2D eigenvalue weighted by Crippen LogP contribution is 2.49. The molecule has 1 atom stereocenters. The van der Waals surface area contributed by atoms with E-state index in [1.807, 2.05) is 47.6 Å². The Kier molecular flexibility index (Phi) is 5.01. The van der Waals surface area contributed by atoms with Gasteiger partial charge in [-0.3, -0.25) is 0 Å². The van der Waals surface area contributed by atoms with Crippen LogP contribution in [0.1, 0.15) is 52.7 Å². The predicted octanol–water partition coefficient (Wildman–Crippen LogP) is 4.85. The zero-order valence-corrected chi connectivity index (χ0v) is 14.0. The molecule has 0 aliphatic carbocycles. The molecule has 1 rings (SSSR count). The molecule has 0 spiro atoms. The fourth-order valence-corrected chi connectivity index (χ4v) is 2.24. The first-order valence-corrected chi connectivity index (χ1v) is 7.78. The normalized spacial score (nSPS) is 15.0. The molecule has 1 aromatic rings. The second kappa shape index (κ2) is 5.77. The maximum absolute atomic E-state index is 12.4. The van der Waals surface area contributed by atoms with Crippen molar-refractivity contribution in [2.24, 2.45) is 0 Å². The van der Waals surface area contributed by atoms with Crippen molar-refractivity contribution in [3.63, 3.8) is 0 Å². The molecule has 0 N–H and O–H groups in total. The Morgan fingerprint density at radius 2 is 1.48 bits per heavy atom. The van der Waals surface area contributed by atoms with Crippen molar-refractivity contribution in [2.75, 3.05) is 0 Å². The van der Waals surface area contributed by atoms with Crippen LogP contribution in [-0.4, -0.2) is 5.92 Å². The van der Waals surface area contributed by atoms with E-state index < -0.39 is 19.7 Å². The van der Waals surface area contributed by atoms with Crippen molar-refractivity contribution in [2.45, 2.75) is 58.3 Å². The zero-order valence-electron chi connectivity index (χ0n) is 13.1. The fraction of sp³-hybridized carbons (Fsp3) is 0.600. The van der Waals surface area contributed by atoms with Crippen molar-refractivity contribution in [3.05, 3.63) is 29.3 Å². The number of hydrogen-bond donors (Lipinski definition) is 0. The summed E-state index contributed by atoms with van der Waals surface area (Å²) >= 11 is 0. The van der Waals surface area contributed by atoms with Gasteiger partial charge in [-0.25, -0.2) is 0 Å². The van der Waals surface area contributed by atoms with E-state index in [1.54, 1.807) is 6.07 Å². The van der Waals surface area contributed by atoms with Gasteiger partial charge in [-0.1, -0.05) is 53.7 Å². The molecular formula is C15H21F3O2P-. The first kappa shape index (κ1) is 18.2. The molecule has 0 heterocycles. The van der Waals surface area contributed by atoms with Gasteiger partial charge in [-0.05, 0) is 22.5 Å². The number of hydrogen-bond acceptors (Lipinski definition) is 2. The average Bonchev–Trinajstić information content (AvgIpc) is 2.25. The van der Waals surface area contributed by atoms with Crippen LogP contribution in [-0.2, 0) is 10.8 Å². The first-order chi connectivity index (χ1) is 9.23. The molecule has 0 aliphatic heterocycles. The van der Waals surface area contributed by atoms with Gasteiger partial charge in [0.2, 0.25) is 0 Å². The Morgan fingerprint density at radius 3 is 1.86 bits per heavy atom. The van der Waals surface area contributed by atoms with E-state index in [0.29, 0.717) is 5.56 Å². The monoisotopic (exact) mass is 321 g/mol. The third-order valence-electron chi connectivity index (χ3n) is 3.04. The maximum Gasteiger partial charge on any atom is 0.427 e. The maximum atomic E-state index is 12.4. The van der Waals surface area contributed by atoms with Crippen molar-refractivity contribution in [1.82, 2.24) is 0 Å². The molecule has 0 amide bonds. The summed E-state index contributed by atoms with van der Waals surface area (Å²) in [5.41, 5.74) is 1.05. The van der Waals surface area contributed by atoms with Crippen LogP contribution in [0.3, 0.4) is 0 Å². The predicted molar refractivity (Wildman–Crippen MR) is 77.4 cm³/mol. The smallest absolute Gasteiger partial charge is 0.427 e. The zero-order chi connectivity index (χ0) is 16.6. The van der Waals surface area contributed by atoms with Crippen LogP contribution < -0.4 is 9.42 Å². The summed E-state index contributed by atoms with van der Waals surface area (Å²) < 4.78 is 42.0. The van der Waals surface area contributed by atoms with Crippen molar-refractivity contribution in [3.8, 4) is 5.75 Å². The number of alkyl halides is 3. The Bertz CT molecular complexity index is 499. The van der Waals surface area contributed by atoms with Crippen molar-refractivity contribution in [1.29, 1.82) is 0 Å². The van der Waals surface area contributed by atoms with Crippen LogP contribution in [0.15, 0.2) is 18.2 Å². The minimum atomic E-state index is -4.85. The van der Waals surface area contributed by atoms with Gasteiger partial charge in [-0.2, -0.15) is 13.2 Å². The molecule has 0 saturated carbocycles. The lowest BCUT2D eigenvalue weighted by Gasteiger charge is -2.31. The highest BCUT2D eigenvalue weighted by atomic mass is 31.2. The Morgan fingerprint density at radius 1 is 0.952 bits per heavy atom. The third-order valence-corrected chi connectivity index (χ3v) is 3.82. The van der Waals surface area contributed by atoms with E-state index in [-0.39, 0.29) is 11.2 Å². The largest absolute Gasteiger partial charge is 0.792 e. The van der Waals surface area contributed by atoms with Crippen LogP contribution in [0, 0.1) is 0 Å².